The number of aliphatic hydroxyl groups is 1. The van der Waals surface area contributed by atoms with Crippen LogP contribution in [0.2, 0.25) is 24.7 Å². The molecule has 1 N–H and O–H groups in total. The van der Waals surface area contributed by atoms with Gasteiger partial charge in [0.1, 0.15) is 0 Å². The van der Waals surface area contributed by atoms with Gasteiger partial charge in [-0.15, -0.1) is 0 Å². The highest BCUT2D eigenvalue weighted by molar-refractivity contribution is 6.79. The number of hydrogen-bond donors (Lipinski definition) is 1. The molecule has 124 valence electrons. The number of unbranched alkanes of at least 4 members (excludes halogenated alkanes) is 4. The second kappa shape index (κ2) is 8.69. The van der Waals surface area contributed by atoms with Crippen LogP contribution >= 0.6 is 0 Å². The molecule has 0 aromatic heterocycles. The van der Waals surface area contributed by atoms with Crippen LogP contribution in [0.25, 0.3) is 0 Å². The van der Waals surface area contributed by atoms with Gasteiger partial charge < -0.3 is 5.11 Å². The van der Waals surface area contributed by atoms with Crippen LogP contribution in [0.5, 0.6) is 0 Å². The lowest BCUT2D eigenvalue weighted by Gasteiger charge is -2.42. The number of allylic oxidation sites excluding steroid dienone is 1. The van der Waals surface area contributed by atoms with Crippen molar-refractivity contribution in [2.24, 2.45) is 0 Å². The van der Waals surface area contributed by atoms with Crippen molar-refractivity contribution in [2.75, 3.05) is 0 Å². The molecule has 22 heavy (non-hydrogen) atoms. The zero-order chi connectivity index (χ0) is 16.6. The Morgan fingerprint density at radius 1 is 1.09 bits per heavy atom. The van der Waals surface area contributed by atoms with Gasteiger partial charge in [0, 0.05) is 5.04 Å². The molecule has 0 aliphatic carbocycles. The molecule has 0 heterocycles. The maximum absolute atomic E-state index is 11.0. The number of aliphatic hydroxyl groups excluding tert-OH is 1. The molecule has 0 radical (unpaired) electrons. The Hall–Kier alpha value is -0.863. The van der Waals surface area contributed by atoms with Crippen molar-refractivity contribution in [3.63, 3.8) is 0 Å². The van der Waals surface area contributed by atoms with E-state index in [1.807, 2.05) is 30.3 Å². The fraction of sp³-hybridized carbons (Fsp3) is 0.600. The Morgan fingerprint density at radius 2 is 1.73 bits per heavy atom. The van der Waals surface area contributed by atoms with E-state index >= 15 is 0 Å². The molecule has 2 unspecified atom stereocenters. The Bertz CT molecular complexity index is 447. The lowest BCUT2D eigenvalue weighted by Crippen LogP contribution is -2.40. The molecular weight excluding hydrogens is 284 g/mol. The van der Waals surface area contributed by atoms with Gasteiger partial charge >= 0.3 is 0 Å². The summed E-state index contributed by atoms with van der Waals surface area (Å²) in [6.07, 6.45) is 10.5. The van der Waals surface area contributed by atoms with Gasteiger partial charge in [-0.2, -0.15) is 0 Å². The SMILES string of the molecule is CCCCCC/C=C/C(C)(C(O)c1ccccc1)[Si](C)(C)C. The van der Waals surface area contributed by atoms with Crippen LogP contribution in [0.15, 0.2) is 42.5 Å². The fourth-order valence-electron chi connectivity index (χ4n) is 2.75. The minimum atomic E-state index is -1.57. The predicted molar refractivity (Wildman–Crippen MR) is 101 cm³/mol. The van der Waals surface area contributed by atoms with Crippen LogP contribution in [0.3, 0.4) is 0 Å². The monoisotopic (exact) mass is 318 g/mol. The van der Waals surface area contributed by atoms with E-state index in [4.69, 9.17) is 0 Å². The highest BCUT2D eigenvalue weighted by Gasteiger charge is 2.43. The van der Waals surface area contributed by atoms with E-state index in [9.17, 15) is 5.11 Å². The summed E-state index contributed by atoms with van der Waals surface area (Å²) in [6, 6.07) is 10.1. The number of rotatable bonds is 9. The van der Waals surface area contributed by atoms with Crippen molar-refractivity contribution in [2.45, 2.75) is 76.7 Å². The molecule has 1 nitrogen and oxygen atoms in total. The average molecular weight is 319 g/mol. The van der Waals surface area contributed by atoms with Gasteiger partial charge in [0.05, 0.1) is 14.2 Å². The van der Waals surface area contributed by atoms with Crippen LogP contribution in [0.4, 0.5) is 0 Å². The average Bonchev–Trinajstić information content (AvgIpc) is 2.49. The molecule has 0 aliphatic rings. The summed E-state index contributed by atoms with van der Waals surface area (Å²) in [6.45, 7) is 11.5. The van der Waals surface area contributed by atoms with Crippen molar-refractivity contribution >= 4 is 8.07 Å². The van der Waals surface area contributed by atoms with E-state index in [1.54, 1.807) is 0 Å². The molecule has 0 spiro atoms. The van der Waals surface area contributed by atoms with Crippen LogP contribution in [-0.4, -0.2) is 13.2 Å². The summed E-state index contributed by atoms with van der Waals surface area (Å²) in [5, 5.41) is 10.9. The van der Waals surface area contributed by atoms with E-state index in [0.717, 1.165) is 12.0 Å². The molecule has 2 atom stereocenters. The van der Waals surface area contributed by atoms with E-state index < -0.39 is 14.2 Å². The third-order valence-corrected chi connectivity index (χ3v) is 8.66. The molecule has 1 aromatic carbocycles. The van der Waals surface area contributed by atoms with Gasteiger partial charge in [0.2, 0.25) is 0 Å². The maximum atomic E-state index is 11.0. The second-order valence-electron chi connectivity index (χ2n) is 7.60. The minimum absolute atomic E-state index is 0.140. The summed E-state index contributed by atoms with van der Waals surface area (Å²) in [7, 11) is -1.57. The van der Waals surface area contributed by atoms with Crippen molar-refractivity contribution < 1.29 is 5.11 Å². The van der Waals surface area contributed by atoms with E-state index in [0.29, 0.717) is 0 Å². The molecule has 0 saturated heterocycles. The van der Waals surface area contributed by atoms with Crippen molar-refractivity contribution in [1.29, 1.82) is 0 Å². The Balaban J connectivity index is 2.85. The van der Waals surface area contributed by atoms with E-state index in [2.05, 4.69) is 45.6 Å². The number of benzene rings is 1. The van der Waals surface area contributed by atoms with E-state index in [1.165, 1.54) is 25.7 Å². The van der Waals surface area contributed by atoms with Crippen molar-refractivity contribution in [1.82, 2.24) is 0 Å². The predicted octanol–water partition coefficient (Wildman–Crippen LogP) is 6.35. The van der Waals surface area contributed by atoms with Crippen molar-refractivity contribution in [3.05, 3.63) is 48.0 Å². The molecule has 0 saturated carbocycles. The number of hydrogen-bond acceptors (Lipinski definition) is 1. The van der Waals surface area contributed by atoms with Gasteiger partial charge in [-0.1, -0.05) is 95.2 Å². The minimum Gasteiger partial charge on any atom is -0.388 e. The van der Waals surface area contributed by atoms with Gasteiger partial charge in [-0.05, 0) is 18.4 Å². The summed E-state index contributed by atoms with van der Waals surface area (Å²) >= 11 is 0. The van der Waals surface area contributed by atoms with Crippen LogP contribution < -0.4 is 0 Å². The molecule has 0 aliphatic heterocycles. The second-order valence-corrected chi connectivity index (χ2v) is 13.2. The molecule has 1 rings (SSSR count). The molecule has 0 amide bonds. The first-order valence-corrected chi connectivity index (χ1v) is 12.2. The first-order valence-electron chi connectivity index (χ1n) is 8.73. The van der Waals surface area contributed by atoms with E-state index in [-0.39, 0.29) is 5.04 Å². The van der Waals surface area contributed by atoms with Crippen LogP contribution in [-0.2, 0) is 0 Å². The molecule has 0 bridgehead atoms. The Labute approximate surface area is 138 Å². The van der Waals surface area contributed by atoms with Gasteiger partial charge in [-0.25, -0.2) is 0 Å². The molecule has 0 fully saturated rings. The Morgan fingerprint density at radius 3 is 2.27 bits per heavy atom. The summed E-state index contributed by atoms with van der Waals surface area (Å²) < 4.78 is 0. The van der Waals surface area contributed by atoms with Crippen LogP contribution in [0.1, 0.15) is 57.6 Å². The highest BCUT2D eigenvalue weighted by Crippen LogP contribution is 2.49. The lowest BCUT2D eigenvalue weighted by molar-refractivity contribution is 0.143. The maximum Gasteiger partial charge on any atom is 0.0853 e. The quantitative estimate of drug-likeness (QED) is 0.320. The smallest absolute Gasteiger partial charge is 0.0853 e. The first-order chi connectivity index (χ1) is 10.3. The summed E-state index contributed by atoms with van der Waals surface area (Å²) in [5.41, 5.74) is 1.03. The molecule has 2 heteroatoms. The third kappa shape index (κ3) is 5.10. The van der Waals surface area contributed by atoms with Crippen LogP contribution in [0, 0.1) is 0 Å². The van der Waals surface area contributed by atoms with Gasteiger partial charge in [0.15, 0.2) is 0 Å². The highest BCUT2D eigenvalue weighted by atomic mass is 28.3. The lowest BCUT2D eigenvalue weighted by atomic mass is 9.95. The first kappa shape index (κ1) is 19.2. The third-order valence-electron chi connectivity index (χ3n) is 4.99. The molecule has 1 aromatic rings. The standard InChI is InChI=1S/C20H34OSi/c1-6-7-8-9-10-14-17-20(2,22(3,4)5)19(21)18-15-12-11-13-16-18/h11-17,19,21H,6-10H2,1-5H3/b17-14+. The summed E-state index contributed by atoms with van der Waals surface area (Å²) in [5.74, 6) is 0. The largest absolute Gasteiger partial charge is 0.388 e. The molecular formula is C20H34OSi. The normalized spacial score (nSPS) is 16.6. The zero-order valence-corrected chi connectivity index (χ0v) is 16.1. The zero-order valence-electron chi connectivity index (χ0n) is 15.1. The Kier molecular flexibility index (Phi) is 7.57. The summed E-state index contributed by atoms with van der Waals surface area (Å²) in [4.78, 5) is 0. The van der Waals surface area contributed by atoms with Gasteiger partial charge in [-0.3, -0.25) is 0 Å². The topological polar surface area (TPSA) is 20.2 Å². The van der Waals surface area contributed by atoms with Gasteiger partial charge in [0.25, 0.3) is 0 Å². The fourth-order valence-corrected chi connectivity index (χ4v) is 4.35. The van der Waals surface area contributed by atoms with Crippen molar-refractivity contribution in [3.8, 4) is 0 Å².